The third-order valence-corrected chi connectivity index (χ3v) is 5.32. The molecule has 160 valence electrons. The number of urea groups is 1. The normalized spacial score (nSPS) is 16.3. The predicted molar refractivity (Wildman–Crippen MR) is 117 cm³/mol. The van der Waals surface area contributed by atoms with Crippen molar-refractivity contribution in [1.82, 2.24) is 9.80 Å². The van der Waals surface area contributed by atoms with Crippen LogP contribution in [0.25, 0.3) is 0 Å². The summed E-state index contributed by atoms with van der Waals surface area (Å²) < 4.78 is 5.69. The number of primary amides is 1. The van der Waals surface area contributed by atoms with Crippen molar-refractivity contribution in [2.75, 3.05) is 32.1 Å². The lowest BCUT2D eigenvalue weighted by molar-refractivity contribution is -0.122. The van der Waals surface area contributed by atoms with Gasteiger partial charge in [-0.1, -0.05) is 29.8 Å². The van der Waals surface area contributed by atoms with Crippen LogP contribution in [0.1, 0.15) is 24.0 Å². The van der Waals surface area contributed by atoms with E-state index in [9.17, 15) is 9.59 Å². The fourth-order valence-corrected chi connectivity index (χ4v) is 3.57. The van der Waals surface area contributed by atoms with Crippen LogP contribution < -0.4 is 15.8 Å². The van der Waals surface area contributed by atoms with E-state index < -0.39 is 0 Å². The first-order valence-electron chi connectivity index (χ1n) is 10.3. The van der Waals surface area contributed by atoms with Crippen molar-refractivity contribution in [3.8, 4) is 5.75 Å². The second-order valence-electron chi connectivity index (χ2n) is 7.74. The van der Waals surface area contributed by atoms with E-state index in [0.717, 1.165) is 36.4 Å². The first-order chi connectivity index (χ1) is 14.4. The van der Waals surface area contributed by atoms with E-state index >= 15 is 0 Å². The van der Waals surface area contributed by atoms with Crippen LogP contribution in [0, 0.1) is 6.92 Å². The van der Waals surface area contributed by atoms with Gasteiger partial charge in [0.1, 0.15) is 12.4 Å². The van der Waals surface area contributed by atoms with Crippen LogP contribution in [0.4, 0.5) is 10.5 Å². The summed E-state index contributed by atoms with van der Waals surface area (Å²) in [5, 5.41) is 2.92. The van der Waals surface area contributed by atoms with E-state index in [0.29, 0.717) is 19.7 Å². The Kier molecular flexibility index (Phi) is 7.30. The molecule has 1 aliphatic rings. The molecule has 3 amide bonds. The summed E-state index contributed by atoms with van der Waals surface area (Å²) in [7, 11) is 1.74. The molecule has 0 spiro atoms. The van der Waals surface area contributed by atoms with Crippen molar-refractivity contribution >= 4 is 17.6 Å². The van der Waals surface area contributed by atoms with Gasteiger partial charge in [-0.2, -0.15) is 0 Å². The SMILES string of the molecule is Cc1ccc(OCCN(C)C(=O)Nc2cccc(CN3CCCC3C(N)=O)c2)cc1. The van der Waals surface area contributed by atoms with E-state index in [1.165, 1.54) is 5.56 Å². The maximum absolute atomic E-state index is 12.5. The summed E-state index contributed by atoms with van der Waals surface area (Å²) in [4.78, 5) is 27.8. The van der Waals surface area contributed by atoms with Crippen molar-refractivity contribution in [1.29, 1.82) is 0 Å². The number of carbonyl (C=O) groups is 2. The van der Waals surface area contributed by atoms with Gasteiger partial charge < -0.3 is 20.7 Å². The molecule has 30 heavy (non-hydrogen) atoms. The summed E-state index contributed by atoms with van der Waals surface area (Å²) in [6.07, 6.45) is 1.78. The summed E-state index contributed by atoms with van der Waals surface area (Å²) in [5.41, 5.74) is 8.43. The number of hydrogen-bond donors (Lipinski definition) is 2. The summed E-state index contributed by atoms with van der Waals surface area (Å²) in [6.45, 7) is 4.40. The van der Waals surface area contributed by atoms with Crippen molar-refractivity contribution in [3.63, 3.8) is 0 Å². The quantitative estimate of drug-likeness (QED) is 0.700. The molecule has 1 aliphatic heterocycles. The third-order valence-electron chi connectivity index (χ3n) is 5.32. The zero-order chi connectivity index (χ0) is 21.5. The number of anilines is 1. The van der Waals surface area contributed by atoms with Crippen LogP contribution >= 0.6 is 0 Å². The van der Waals surface area contributed by atoms with Gasteiger partial charge in [0.05, 0.1) is 12.6 Å². The smallest absolute Gasteiger partial charge is 0.321 e. The van der Waals surface area contributed by atoms with Gasteiger partial charge in [0.25, 0.3) is 0 Å². The van der Waals surface area contributed by atoms with Crippen molar-refractivity contribution in [2.45, 2.75) is 32.4 Å². The van der Waals surface area contributed by atoms with E-state index in [1.807, 2.05) is 55.5 Å². The van der Waals surface area contributed by atoms with Crippen molar-refractivity contribution in [3.05, 3.63) is 59.7 Å². The second kappa shape index (κ2) is 10.1. The molecule has 1 fully saturated rings. The standard InChI is InChI=1S/C23H30N4O3/c1-17-8-10-20(11-9-17)30-14-13-26(2)23(29)25-19-6-3-5-18(15-19)16-27-12-4-7-21(27)22(24)28/h3,5-6,8-11,15,21H,4,7,12-14,16H2,1-2H3,(H2,24,28)(H,25,29). The molecule has 0 radical (unpaired) electrons. The molecular formula is C23H30N4O3. The summed E-state index contributed by atoms with van der Waals surface area (Å²) in [5.74, 6) is 0.518. The first-order valence-corrected chi connectivity index (χ1v) is 10.3. The molecule has 7 nitrogen and oxygen atoms in total. The minimum atomic E-state index is -0.272. The number of aryl methyl sites for hydroxylation is 1. The molecule has 1 unspecified atom stereocenters. The molecule has 0 aromatic heterocycles. The highest BCUT2D eigenvalue weighted by Gasteiger charge is 2.28. The molecule has 3 N–H and O–H groups in total. The number of nitrogens with zero attached hydrogens (tertiary/aromatic N) is 2. The third kappa shape index (κ3) is 5.97. The lowest BCUT2D eigenvalue weighted by atomic mass is 10.1. The van der Waals surface area contributed by atoms with E-state index in [1.54, 1.807) is 11.9 Å². The number of ether oxygens (including phenoxy) is 1. The minimum Gasteiger partial charge on any atom is -0.492 e. The van der Waals surface area contributed by atoms with Crippen LogP contribution in [-0.4, -0.2) is 54.5 Å². The molecule has 3 rings (SSSR count). The number of nitrogens with two attached hydrogens (primary N) is 1. The predicted octanol–water partition coefficient (Wildman–Crippen LogP) is 2.99. The Balaban J connectivity index is 1.49. The molecule has 1 saturated heterocycles. The highest BCUT2D eigenvalue weighted by molar-refractivity contribution is 5.89. The van der Waals surface area contributed by atoms with Crippen molar-refractivity contribution in [2.24, 2.45) is 5.73 Å². The molecule has 1 heterocycles. The number of nitrogens with one attached hydrogen (secondary N) is 1. The number of benzene rings is 2. The highest BCUT2D eigenvalue weighted by atomic mass is 16.5. The molecule has 0 saturated carbocycles. The molecule has 0 aliphatic carbocycles. The van der Waals surface area contributed by atoms with E-state index in [-0.39, 0.29) is 18.0 Å². The van der Waals surface area contributed by atoms with Gasteiger partial charge in [-0.15, -0.1) is 0 Å². The number of carbonyl (C=O) groups excluding carboxylic acids is 2. The van der Waals surface area contributed by atoms with Gasteiger partial charge in [-0.3, -0.25) is 9.69 Å². The lowest BCUT2D eigenvalue weighted by Gasteiger charge is -2.22. The Morgan fingerprint density at radius 2 is 2.00 bits per heavy atom. The first kappa shape index (κ1) is 21.6. The van der Waals surface area contributed by atoms with Gasteiger partial charge in [-0.05, 0) is 56.1 Å². The molecule has 2 aromatic rings. The molecular weight excluding hydrogens is 380 g/mol. The van der Waals surface area contributed by atoms with Gasteiger partial charge in [-0.25, -0.2) is 4.79 Å². The topological polar surface area (TPSA) is 87.9 Å². The molecule has 7 heteroatoms. The maximum Gasteiger partial charge on any atom is 0.321 e. The fraction of sp³-hybridized carbons (Fsp3) is 0.391. The Morgan fingerprint density at radius 1 is 1.23 bits per heavy atom. The van der Waals surface area contributed by atoms with E-state index in [4.69, 9.17) is 10.5 Å². The highest BCUT2D eigenvalue weighted by Crippen LogP contribution is 2.21. The average Bonchev–Trinajstić information content (AvgIpc) is 3.18. The van der Waals surface area contributed by atoms with Crippen LogP contribution in [0.15, 0.2) is 48.5 Å². The average molecular weight is 411 g/mol. The fourth-order valence-electron chi connectivity index (χ4n) is 3.57. The maximum atomic E-state index is 12.5. The Labute approximate surface area is 177 Å². The minimum absolute atomic E-state index is 0.198. The number of hydrogen-bond acceptors (Lipinski definition) is 4. The Hall–Kier alpha value is -3.06. The monoisotopic (exact) mass is 410 g/mol. The number of likely N-dealkylation sites (N-methyl/N-ethyl adjacent to an activating group) is 1. The Morgan fingerprint density at radius 3 is 2.73 bits per heavy atom. The van der Waals surface area contributed by atoms with Gasteiger partial charge in [0, 0.05) is 19.3 Å². The Bertz CT molecular complexity index is 869. The number of amides is 3. The van der Waals surface area contributed by atoms with Gasteiger partial charge in [0.2, 0.25) is 5.91 Å². The van der Waals surface area contributed by atoms with E-state index in [2.05, 4.69) is 10.2 Å². The number of rotatable bonds is 8. The zero-order valence-corrected chi connectivity index (χ0v) is 17.6. The largest absolute Gasteiger partial charge is 0.492 e. The molecule has 0 bridgehead atoms. The van der Waals surface area contributed by atoms with Crippen LogP contribution in [0.2, 0.25) is 0 Å². The summed E-state index contributed by atoms with van der Waals surface area (Å²) >= 11 is 0. The lowest BCUT2D eigenvalue weighted by Crippen LogP contribution is -2.39. The van der Waals surface area contributed by atoms with Crippen LogP contribution in [0.5, 0.6) is 5.75 Å². The van der Waals surface area contributed by atoms with Crippen LogP contribution in [0.3, 0.4) is 0 Å². The van der Waals surface area contributed by atoms with Crippen molar-refractivity contribution < 1.29 is 14.3 Å². The summed E-state index contributed by atoms with van der Waals surface area (Å²) in [6, 6.07) is 15.1. The van der Waals surface area contributed by atoms with Gasteiger partial charge in [0.15, 0.2) is 0 Å². The zero-order valence-electron chi connectivity index (χ0n) is 17.6. The molecule has 1 atom stereocenters. The molecule has 2 aromatic carbocycles. The van der Waals surface area contributed by atoms with Crippen LogP contribution in [-0.2, 0) is 11.3 Å². The second-order valence-corrected chi connectivity index (χ2v) is 7.74. The van der Waals surface area contributed by atoms with Gasteiger partial charge >= 0.3 is 6.03 Å². The number of likely N-dealkylation sites (tertiary alicyclic amines) is 1.